The summed E-state index contributed by atoms with van der Waals surface area (Å²) in [6, 6.07) is 0. The van der Waals surface area contributed by atoms with Crippen LogP contribution >= 0.6 is 0 Å². The van der Waals surface area contributed by atoms with Gasteiger partial charge in [0.25, 0.3) is 0 Å². The Hall–Kier alpha value is -3.41. The highest BCUT2D eigenvalue weighted by Gasteiger charge is 2.19. The largest absolute Gasteiger partial charge is 0.462 e. The highest BCUT2D eigenvalue weighted by molar-refractivity contribution is 5.71. The summed E-state index contributed by atoms with van der Waals surface area (Å²) in [5.41, 5.74) is 0. The first-order valence-corrected chi connectivity index (χ1v) is 24.6. The quantitative estimate of drug-likeness (QED) is 0.0263. The van der Waals surface area contributed by atoms with Crippen LogP contribution in [0.1, 0.15) is 220 Å². The number of ether oxygens (including phenoxy) is 3. The van der Waals surface area contributed by atoms with E-state index in [0.717, 1.165) is 103 Å². The van der Waals surface area contributed by atoms with Gasteiger partial charge in [-0.2, -0.15) is 0 Å². The molecule has 0 aromatic heterocycles. The van der Waals surface area contributed by atoms with Gasteiger partial charge in [0.15, 0.2) is 6.10 Å². The molecule has 0 N–H and O–H groups in total. The summed E-state index contributed by atoms with van der Waals surface area (Å²) < 4.78 is 16.7. The molecule has 0 fully saturated rings. The Kier molecular flexibility index (Phi) is 45.5. The van der Waals surface area contributed by atoms with E-state index in [9.17, 15) is 14.4 Å². The Morgan fingerprint density at radius 3 is 1.08 bits per heavy atom. The first kappa shape index (κ1) is 56.6. The van der Waals surface area contributed by atoms with Gasteiger partial charge < -0.3 is 14.2 Å². The third kappa shape index (κ3) is 45.7. The van der Waals surface area contributed by atoms with Crippen molar-refractivity contribution >= 4 is 17.9 Å². The third-order valence-electron chi connectivity index (χ3n) is 10.1. The van der Waals surface area contributed by atoms with Gasteiger partial charge in [0.2, 0.25) is 0 Å². The zero-order chi connectivity index (χ0) is 43.7. The van der Waals surface area contributed by atoms with Gasteiger partial charge in [-0.25, -0.2) is 0 Å². The van der Waals surface area contributed by atoms with Crippen LogP contribution in [0.4, 0.5) is 0 Å². The van der Waals surface area contributed by atoms with Crippen molar-refractivity contribution < 1.29 is 28.6 Å². The van der Waals surface area contributed by atoms with Crippen molar-refractivity contribution in [3.05, 3.63) is 85.1 Å². The molecule has 0 amide bonds. The molecule has 0 aromatic carbocycles. The lowest BCUT2D eigenvalue weighted by Gasteiger charge is -2.18. The van der Waals surface area contributed by atoms with Gasteiger partial charge in [-0.3, -0.25) is 14.4 Å². The number of carbonyl (C=O) groups is 3. The lowest BCUT2D eigenvalue weighted by atomic mass is 10.0. The molecular formula is C54H90O6. The van der Waals surface area contributed by atoms with Crippen LogP contribution in [-0.4, -0.2) is 37.2 Å². The lowest BCUT2D eigenvalue weighted by molar-refractivity contribution is -0.167. The highest BCUT2D eigenvalue weighted by Crippen LogP contribution is 2.14. The van der Waals surface area contributed by atoms with Gasteiger partial charge in [0, 0.05) is 19.3 Å². The van der Waals surface area contributed by atoms with Crippen molar-refractivity contribution in [2.24, 2.45) is 0 Å². The highest BCUT2D eigenvalue weighted by atomic mass is 16.6. The van der Waals surface area contributed by atoms with Crippen LogP contribution in [0.25, 0.3) is 0 Å². The van der Waals surface area contributed by atoms with E-state index in [0.29, 0.717) is 19.3 Å². The number of rotatable bonds is 43. The molecule has 0 saturated heterocycles. The molecule has 0 aliphatic carbocycles. The fraction of sp³-hybridized carbons (Fsp3) is 0.685. The molecule has 0 aliphatic heterocycles. The molecule has 1 unspecified atom stereocenters. The molecule has 0 bridgehead atoms. The number of unbranched alkanes of at least 4 members (excludes halogenated alkanes) is 18. The summed E-state index contributed by atoms with van der Waals surface area (Å²) in [5.74, 6) is -0.971. The van der Waals surface area contributed by atoms with Crippen LogP contribution in [0, 0.1) is 0 Å². The number of carbonyl (C=O) groups excluding carboxylic acids is 3. The number of hydrogen-bond donors (Lipinski definition) is 0. The number of hydrogen-bond acceptors (Lipinski definition) is 6. The fourth-order valence-corrected chi connectivity index (χ4v) is 6.51. The Morgan fingerprint density at radius 1 is 0.350 bits per heavy atom. The van der Waals surface area contributed by atoms with E-state index in [4.69, 9.17) is 14.2 Å². The van der Waals surface area contributed by atoms with Crippen molar-refractivity contribution in [2.75, 3.05) is 13.2 Å². The third-order valence-corrected chi connectivity index (χ3v) is 10.1. The summed E-state index contributed by atoms with van der Waals surface area (Å²) in [5, 5.41) is 0. The molecule has 0 saturated carbocycles. The Morgan fingerprint density at radius 2 is 0.667 bits per heavy atom. The van der Waals surface area contributed by atoms with Crippen LogP contribution < -0.4 is 0 Å². The van der Waals surface area contributed by atoms with Crippen molar-refractivity contribution in [1.82, 2.24) is 0 Å². The van der Waals surface area contributed by atoms with Crippen molar-refractivity contribution in [3.8, 4) is 0 Å². The van der Waals surface area contributed by atoms with E-state index in [1.807, 2.05) is 0 Å². The monoisotopic (exact) mass is 835 g/mol. The van der Waals surface area contributed by atoms with E-state index in [-0.39, 0.29) is 37.5 Å². The van der Waals surface area contributed by atoms with Gasteiger partial charge in [-0.05, 0) is 83.5 Å². The smallest absolute Gasteiger partial charge is 0.306 e. The Bertz CT molecular complexity index is 1190. The molecule has 6 nitrogen and oxygen atoms in total. The lowest BCUT2D eigenvalue weighted by Crippen LogP contribution is -2.30. The maximum absolute atomic E-state index is 12.7. The molecule has 0 rings (SSSR count). The SMILES string of the molecule is CC/C=C\C/C=C\C/C=C\C/C=C\CCCCCCCCC(=O)OCC(COC(=O)CCC/C=C\C/C=C\C/C=C\CC)OC(=O)CCCCCCCCCCCCCC. The van der Waals surface area contributed by atoms with Gasteiger partial charge in [-0.1, -0.05) is 202 Å². The van der Waals surface area contributed by atoms with E-state index in [1.54, 1.807) is 0 Å². The normalized spacial score (nSPS) is 12.8. The van der Waals surface area contributed by atoms with E-state index in [2.05, 4.69) is 106 Å². The zero-order valence-electron chi connectivity index (χ0n) is 38.9. The summed E-state index contributed by atoms with van der Waals surface area (Å²) in [6.07, 6.45) is 61.5. The summed E-state index contributed by atoms with van der Waals surface area (Å²) in [6.45, 7) is 6.33. The van der Waals surface area contributed by atoms with Crippen molar-refractivity contribution in [2.45, 2.75) is 226 Å². The maximum atomic E-state index is 12.7. The van der Waals surface area contributed by atoms with E-state index in [1.165, 1.54) is 70.6 Å². The van der Waals surface area contributed by atoms with Crippen molar-refractivity contribution in [3.63, 3.8) is 0 Å². The first-order valence-electron chi connectivity index (χ1n) is 24.6. The molecule has 1 atom stereocenters. The minimum Gasteiger partial charge on any atom is -0.462 e. The van der Waals surface area contributed by atoms with Crippen molar-refractivity contribution in [1.29, 1.82) is 0 Å². The standard InChI is InChI=1S/C54H90O6/c1-4-7-10-13-16-19-22-24-25-26-27-28-29-30-33-35-38-41-44-47-53(56)59-50-51(49-58-52(55)46-43-40-37-34-31-21-18-15-12-9-6-3)60-54(57)48-45-42-39-36-32-23-20-17-14-11-8-5-2/h7,9-10,12,16,18-19,21,24-25,27-28,34,37,51H,4-6,8,11,13-15,17,20,22-23,26,29-33,35-36,38-50H2,1-3H3/b10-7-,12-9-,19-16-,21-18-,25-24-,28-27-,37-34-. The summed E-state index contributed by atoms with van der Waals surface area (Å²) in [4.78, 5) is 37.8. The topological polar surface area (TPSA) is 78.9 Å². The van der Waals surface area contributed by atoms with Gasteiger partial charge >= 0.3 is 17.9 Å². The predicted octanol–water partition coefficient (Wildman–Crippen LogP) is 16.0. The molecule has 0 heterocycles. The molecule has 0 aliphatic rings. The average Bonchev–Trinajstić information content (AvgIpc) is 3.24. The molecule has 0 aromatic rings. The Labute approximate surface area is 369 Å². The molecule has 6 heteroatoms. The van der Waals surface area contributed by atoms with E-state index >= 15 is 0 Å². The van der Waals surface area contributed by atoms with Crippen LogP contribution in [0.5, 0.6) is 0 Å². The molecule has 60 heavy (non-hydrogen) atoms. The molecule has 342 valence electrons. The minimum atomic E-state index is -0.799. The second-order valence-electron chi connectivity index (χ2n) is 16.0. The second kappa shape index (κ2) is 48.3. The average molecular weight is 835 g/mol. The Balaban J connectivity index is 4.41. The molecule has 0 radical (unpaired) electrons. The fourth-order valence-electron chi connectivity index (χ4n) is 6.51. The molecule has 0 spiro atoms. The van der Waals surface area contributed by atoms with E-state index < -0.39 is 6.10 Å². The first-order chi connectivity index (χ1) is 29.5. The van der Waals surface area contributed by atoms with Gasteiger partial charge in [0.1, 0.15) is 13.2 Å². The second-order valence-corrected chi connectivity index (χ2v) is 16.0. The van der Waals surface area contributed by atoms with Crippen LogP contribution in [-0.2, 0) is 28.6 Å². The van der Waals surface area contributed by atoms with Gasteiger partial charge in [-0.15, -0.1) is 0 Å². The number of allylic oxidation sites excluding steroid dienone is 14. The summed E-state index contributed by atoms with van der Waals surface area (Å²) >= 11 is 0. The minimum absolute atomic E-state index is 0.0991. The van der Waals surface area contributed by atoms with Crippen LogP contribution in [0.15, 0.2) is 85.1 Å². The van der Waals surface area contributed by atoms with Crippen LogP contribution in [0.2, 0.25) is 0 Å². The van der Waals surface area contributed by atoms with Gasteiger partial charge in [0.05, 0.1) is 0 Å². The molecular weight excluding hydrogens is 745 g/mol. The number of esters is 3. The summed E-state index contributed by atoms with van der Waals surface area (Å²) in [7, 11) is 0. The zero-order valence-corrected chi connectivity index (χ0v) is 38.9. The van der Waals surface area contributed by atoms with Crippen LogP contribution in [0.3, 0.4) is 0 Å². The predicted molar refractivity (Wildman–Crippen MR) is 256 cm³/mol. The maximum Gasteiger partial charge on any atom is 0.306 e.